The fourth-order valence-corrected chi connectivity index (χ4v) is 3.05. The number of carbonyl (C=O) groups excluding carboxylic acids is 3. The maximum Gasteiger partial charge on any atom is 0.410 e. The van der Waals surface area contributed by atoms with E-state index in [1.807, 2.05) is 0 Å². The number of hydrogen-bond donors (Lipinski definition) is 2. The summed E-state index contributed by atoms with van der Waals surface area (Å²) >= 11 is 0. The molecule has 0 spiro atoms. The molecule has 2 amide bonds. The zero-order valence-electron chi connectivity index (χ0n) is 18.7. The smallest absolute Gasteiger partial charge is 0.410 e. The molecule has 29 heavy (non-hydrogen) atoms. The summed E-state index contributed by atoms with van der Waals surface area (Å²) in [6.45, 7) is 12.7. The minimum Gasteiger partial charge on any atom is -0.465 e. The van der Waals surface area contributed by atoms with Crippen molar-refractivity contribution in [2.45, 2.75) is 78.6 Å². The molecule has 0 aliphatic carbocycles. The summed E-state index contributed by atoms with van der Waals surface area (Å²) in [5, 5.41) is 13.3. The van der Waals surface area contributed by atoms with Crippen molar-refractivity contribution >= 4 is 18.2 Å². The number of esters is 1. The lowest BCUT2D eigenvalue weighted by atomic mass is 9.73. The van der Waals surface area contributed by atoms with Crippen molar-refractivity contribution in [3.63, 3.8) is 0 Å². The Hall–Kier alpha value is -2.03. The molecule has 9 nitrogen and oxygen atoms in total. The highest BCUT2D eigenvalue weighted by Crippen LogP contribution is 2.37. The van der Waals surface area contributed by atoms with E-state index in [-0.39, 0.29) is 39.1 Å². The van der Waals surface area contributed by atoms with Crippen molar-refractivity contribution in [1.29, 1.82) is 0 Å². The third-order valence-corrected chi connectivity index (χ3v) is 4.47. The van der Waals surface area contributed by atoms with Crippen molar-refractivity contribution in [2.24, 2.45) is 5.41 Å². The molecule has 1 unspecified atom stereocenters. The molecule has 0 aromatic heterocycles. The molecule has 2 N–H and O–H groups in total. The number of ether oxygens (including phenoxy) is 3. The van der Waals surface area contributed by atoms with Gasteiger partial charge in [0.15, 0.2) is 0 Å². The molecule has 0 saturated carbocycles. The van der Waals surface area contributed by atoms with Crippen LogP contribution in [-0.4, -0.2) is 71.7 Å². The van der Waals surface area contributed by atoms with Crippen LogP contribution in [0.3, 0.4) is 0 Å². The molecule has 1 fully saturated rings. The Bertz CT molecular complexity index is 585. The predicted molar refractivity (Wildman–Crippen MR) is 106 cm³/mol. The van der Waals surface area contributed by atoms with Gasteiger partial charge >= 0.3 is 18.2 Å². The van der Waals surface area contributed by atoms with Crippen LogP contribution in [0.15, 0.2) is 0 Å². The fourth-order valence-electron chi connectivity index (χ4n) is 3.05. The highest BCUT2D eigenvalue weighted by atomic mass is 16.6. The van der Waals surface area contributed by atoms with Crippen LogP contribution in [0.2, 0.25) is 0 Å². The Balaban J connectivity index is 2.82. The van der Waals surface area contributed by atoms with Gasteiger partial charge in [-0.2, -0.15) is 0 Å². The van der Waals surface area contributed by atoms with Gasteiger partial charge in [-0.3, -0.25) is 4.79 Å². The molecule has 1 heterocycles. The molecule has 0 bridgehead atoms. The topological polar surface area (TPSA) is 114 Å². The van der Waals surface area contributed by atoms with E-state index in [4.69, 9.17) is 14.2 Å². The molecule has 9 heteroatoms. The minimum absolute atomic E-state index is 0.167. The van der Waals surface area contributed by atoms with Crippen molar-refractivity contribution in [3.05, 3.63) is 0 Å². The lowest BCUT2D eigenvalue weighted by molar-refractivity contribution is -0.167. The van der Waals surface area contributed by atoms with Crippen molar-refractivity contribution in [3.8, 4) is 0 Å². The maximum absolute atomic E-state index is 12.7. The van der Waals surface area contributed by atoms with Crippen LogP contribution in [0.25, 0.3) is 0 Å². The first kappa shape index (κ1) is 25.0. The summed E-state index contributed by atoms with van der Waals surface area (Å²) in [6, 6.07) is 0. The van der Waals surface area contributed by atoms with Gasteiger partial charge in [0.25, 0.3) is 0 Å². The number of amides is 2. The van der Waals surface area contributed by atoms with E-state index in [1.54, 1.807) is 48.5 Å². The van der Waals surface area contributed by atoms with E-state index < -0.39 is 40.9 Å². The number of carbonyl (C=O) groups is 3. The highest BCUT2D eigenvalue weighted by Gasteiger charge is 2.49. The largest absolute Gasteiger partial charge is 0.465 e. The van der Waals surface area contributed by atoms with Crippen molar-refractivity contribution in [1.82, 2.24) is 10.2 Å². The maximum atomic E-state index is 12.7. The SMILES string of the molecule is CCOC(=O)C1(C(O)CNC(=O)OC(C)(C)C)CCN(C(=O)OC(C)(C)C)CC1. The van der Waals surface area contributed by atoms with Gasteiger partial charge in [-0.05, 0) is 61.3 Å². The predicted octanol–water partition coefficient (Wildman–Crippen LogP) is 2.45. The first-order chi connectivity index (χ1) is 13.2. The van der Waals surface area contributed by atoms with E-state index in [0.29, 0.717) is 0 Å². The standard InChI is InChI=1S/C20H36N2O7/c1-8-27-15(24)20(14(23)13-21-16(25)28-18(2,3)4)9-11-22(12-10-20)17(26)29-19(5,6)7/h14,23H,8-13H2,1-7H3,(H,21,25). The average molecular weight is 417 g/mol. The molecule has 0 aromatic carbocycles. The molecule has 0 radical (unpaired) electrons. The number of likely N-dealkylation sites (tertiary alicyclic amines) is 1. The lowest BCUT2D eigenvalue weighted by Crippen LogP contribution is -2.56. The second kappa shape index (κ2) is 9.65. The van der Waals surface area contributed by atoms with Gasteiger partial charge in [-0.25, -0.2) is 9.59 Å². The van der Waals surface area contributed by atoms with Crippen LogP contribution < -0.4 is 5.32 Å². The van der Waals surface area contributed by atoms with E-state index in [9.17, 15) is 19.5 Å². The zero-order chi connectivity index (χ0) is 22.5. The molecule has 0 aromatic rings. The number of piperidine rings is 1. The van der Waals surface area contributed by atoms with E-state index >= 15 is 0 Å². The van der Waals surface area contributed by atoms with Crippen LogP contribution in [0, 0.1) is 5.41 Å². The Morgan fingerprint density at radius 3 is 2.00 bits per heavy atom. The number of nitrogens with one attached hydrogen (secondary N) is 1. The lowest BCUT2D eigenvalue weighted by Gasteiger charge is -2.42. The highest BCUT2D eigenvalue weighted by molar-refractivity contribution is 5.79. The van der Waals surface area contributed by atoms with Gasteiger partial charge in [0.2, 0.25) is 0 Å². The fraction of sp³-hybridized carbons (Fsp3) is 0.850. The molecule has 1 atom stereocenters. The van der Waals surface area contributed by atoms with Gasteiger partial charge in [0.05, 0.1) is 18.1 Å². The summed E-state index contributed by atoms with van der Waals surface area (Å²) in [6.07, 6.45) is -1.93. The molecule has 168 valence electrons. The first-order valence-corrected chi connectivity index (χ1v) is 10.0. The monoisotopic (exact) mass is 416 g/mol. The van der Waals surface area contributed by atoms with Gasteiger partial charge in [0.1, 0.15) is 11.2 Å². The normalized spacial score (nSPS) is 17.9. The average Bonchev–Trinajstić information content (AvgIpc) is 2.56. The zero-order valence-corrected chi connectivity index (χ0v) is 18.7. The summed E-state index contributed by atoms with van der Waals surface area (Å²) in [5.41, 5.74) is -2.51. The molecule has 1 saturated heterocycles. The van der Waals surface area contributed by atoms with Gasteiger partial charge in [0, 0.05) is 19.6 Å². The minimum atomic E-state index is -1.22. The molecular formula is C20H36N2O7. The van der Waals surface area contributed by atoms with Crippen molar-refractivity contribution < 1.29 is 33.7 Å². The molecule has 1 aliphatic heterocycles. The summed E-state index contributed by atoms with van der Waals surface area (Å²) in [7, 11) is 0. The second-order valence-corrected chi connectivity index (χ2v) is 9.24. The van der Waals surface area contributed by atoms with Crippen molar-refractivity contribution in [2.75, 3.05) is 26.2 Å². The van der Waals surface area contributed by atoms with E-state index in [2.05, 4.69) is 5.32 Å². The summed E-state index contributed by atoms with van der Waals surface area (Å²) in [4.78, 5) is 38.4. The van der Waals surface area contributed by atoms with Crippen LogP contribution in [0.4, 0.5) is 9.59 Å². The van der Waals surface area contributed by atoms with E-state index in [1.165, 1.54) is 4.90 Å². The number of aliphatic hydroxyl groups is 1. The summed E-state index contributed by atoms with van der Waals surface area (Å²) in [5.74, 6) is -0.540. The van der Waals surface area contributed by atoms with Gasteiger partial charge in [-0.1, -0.05) is 0 Å². The van der Waals surface area contributed by atoms with Gasteiger partial charge < -0.3 is 29.5 Å². The number of nitrogens with zero attached hydrogens (tertiary/aromatic N) is 1. The number of alkyl carbamates (subject to hydrolysis) is 1. The summed E-state index contributed by atoms with van der Waals surface area (Å²) < 4.78 is 15.7. The number of hydrogen-bond acceptors (Lipinski definition) is 7. The Labute approximate surface area is 173 Å². The Morgan fingerprint density at radius 2 is 1.55 bits per heavy atom. The van der Waals surface area contributed by atoms with Crippen LogP contribution in [0.1, 0.15) is 61.3 Å². The molecule has 1 rings (SSSR count). The quantitative estimate of drug-likeness (QED) is 0.522. The number of rotatable bonds is 5. The molecular weight excluding hydrogens is 380 g/mol. The van der Waals surface area contributed by atoms with Crippen LogP contribution in [-0.2, 0) is 19.0 Å². The third-order valence-electron chi connectivity index (χ3n) is 4.47. The van der Waals surface area contributed by atoms with Gasteiger partial charge in [-0.15, -0.1) is 0 Å². The van der Waals surface area contributed by atoms with E-state index in [0.717, 1.165) is 0 Å². The number of aliphatic hydroxyl groups excluding tert-OH is 1. The third kappa shape index (κ3) is 7.72. The Morgan fingerprint density at radius 1 is 1.03 bits per heavy atom. The van der Waals surface area contributed by atoms with Crippen LogP contribution in [0.5, 0.6) is 0 Å². The molecule has 1 aliphatic rings. The Kier molecular flexibility index (Phi) is 8.32. The van der Waals surface area contributed by atoms with Crippen LogP contribution >= 0.6 is 0 Å². The second-order valence-electron chi connectivity index (χ2n) is 9.24. The first-order valence-electron chi connectivity index (χ1n) is 10.0.